The first kappa shape index (κ1) is 18.6. The quantitative estimate of drug-likeness (QED) is 0.801. The molecule has 2 heterocycles. The maximum Gasteiger partial charge on any atom is 0.251 e. The monoisotopic (exact) mass is 383 g/mol. The van der Waals surface area contributed by atoms with E-state index < -0.39 is 0 Å². The Kier molecular flexibility index (Phi) is 5.67. The number of fused-ring (bicyclic) bond motifs is 1. The largest absolute Gasteiger partial charge is 0.497 e. The summed E-state index contributed by atoms with van der Waals surface area (Å²) in [6.45, 7) is 3.07. The molecule has 28 heavy (non-hydrogen) atoms. The lowest BCUT2D eigenvalue weighted by molar-refractivity contribution is -0.935. The number of carbonyl (C=O) groups is 1. The molecule has 1 atom stereocenters. The zero-order valence-electron chi connectivity index (χ0n) is 16.2. The average Bonchev–Trinajstić information content (AvgIpc) is 3.23. The zero-order valence-corrected chi connectivity index (χ0v) is 16.2. The summed E-state index contributed by atoms with van der Waals surface area (Å²) in [5, 5.41) is 3.13. The highest BCUT2D eigenvalue weighted by Crippen LogP contribution is 2.32. The molecule has 2 aliphatic rings. The molecule has 1 amide bonds. The number of amides is 1. The van der Waals surface area contributed by atoms with Crippen LogP contribution in [0.4, 0.5) is 0 Å². The van der Waals surface area contributed by atoms with Gasteiger partial charge in [0.1, 0.15) is 11.8 Å². The van der Waals surface area contributed by atoms with Gasteiger partial charge < -0.3 is 24.4 Å². The number of quaternary nitrogens is 1. The summed E-state index contributed by atoms with van der Waals surface area (Å²) >= 11 is 0. The van der Waals surface area contributed by atoms with Crippen molar-refractivity contribution >= 4 is 5.91 Å². The van der Waals surface area contributed by atoms with E-state index in [-0.39, 0.29) is 18.7 Å². The van der Waals surface area contributed by atoms with Crippen molar-refractivity contribution in [3.05, 3.63) is 53.6 Å². The molecular formula is C22H27N2O4+. The third-order valence-electron chi connectivity index (χ3n) is 5.61. The van der Waals surface area contributed by atoms with Crippen LogP contribution >= 0.6 is 0 Å². The van der Waals surface area contributed by atoms with Crippen LogP contribution in [0.3, 0.4) is 0 Å². The van der Waals surface area contributed by atoms with Gasteiger partial charge in [-0.1, -0.05) is 0 Å². The maximum absolute atomic E-state index is 12.7. The van der Waals surface area contributed by atoms with Crippen molar-refractivity contribution in [3.8, 4) is 17.2 Å². The van der Waals surface area contributed by atoms with E-state index >= 15 is 0 Å². The molecule has 2 aromatic carbocycles. The Morgan fingerprint density at radius 2 is 1.82 bits per heavy atom. The predicted octanol–water partition coefficient (Wildman–Crippen LogP) is 1.96. The number of benzene rings is 2. The molecule has 2 N–H and O–H groups in total. The summed E-state index contributed by atoms with van der Waals surface area (Å²) in [6.07, 6.45) is 3.76. The predicted molar refractivity (Wildman–Crippen MR) is 105 cm³/mol. The van der Waals surface area contributed by atoms with Gasteiger partial charge in [0.15, 0.2) is 11.5 Å². The van der Waals surface area contributed by atoms with Gasteiger partial charge in [0.05, 0.1) is 26.7 Å². The van der Waals surface area contributed by atoms with Gasteiger partial charge in [0.2, 0.25) is 6.79 Å². The lowest BCUT2D eigenvalue weighted by Gasteiger charge is -2.32. The fourth-order valence-corrected chi connectivity index (χ4v) is 4.02. The first-order valence-corrected chi connectivity index (χ1v) is 9.91. The van der Waals surface area contributed by atoms with Gasteiger partial charge in [-0.3, -0.25) is 4.79 Å². The number of nitrogens with one attached hydrogen (secondary N) is 2. The number of piperidine rings is 1. The Balaban J connectivity index is 1.47. The van der Waals surface area contributed by atoms with Crippen LogP contribution in [-0.4, -0.2) is 39.4 Å². The minimum Gasteiger partial charge on any atom is -0.497 e. The number of rotatable bonds is 6. The first-order chi connectivity index (χ1) is 13.7. The van der Waals surface area contributed by atoms with E-state index in [0.717, 1.165) is 18.8 Å². The molecule has 1 fully saturated rings. The minimum absolute atomic E-state index is 0.0896. The first-order valence-electron chi connectivity index (χ1n) is 9.91. The fourth-order valence-electron chi connectivity index (χ4n) is 4.02. The number of hydrogen-bond acceptors (Lipinski definition) is 4. The third kappa shape index (κ3) is 4.07. The summed E-state index contributed by atoms with van der Waals surface area (Å²) in [4.78, 5) is 14.3. The van der Waals surface area contributed by atoms with E-state index in [2.05, 4.69) is 17.4 Å². The summed E-state index contributed by atoms with van der Waals surface area (Å²) < 4.78 is 16.0. The number of methoxy groups -OCH3 is 1. The molecular weight excluding hydrogens is 356 g/mol. The van der Waals surface area contributed by atoms with E-state index in [0.29, 0.717) is 23.6 Å². The van der Waals surface area contributed by atoms with Crippen LogP contribution in [0.25, 0.3) is 0 Å². The van der Waals surface area contributed by atoms with E-state index in [4.69, 9.17) is 14.2 Å². The molecule has 0 aromatic heterocycles. The molecule has 2 aromatic rings. The molecule has 4 rings (SSSR count). The van der Waals surface area contributed by atoms with Crippen LogP contribution in [0.5, 0.6) is 17.2 Å². The second-order valence-corrected chi connectivity index (χ2v) is 7.32. The van der Waals surface area contributed by atoms with Gasteiger partial charge in [0, 0.05) is 11.1 Å². The molecule has 0 spiro atoms. The van der Waals surface area contributed by atoms with E-state index in [1.54, 1.807) is 25.3 Å². The number of ether oxygens (including phenoxy) is 3. The Morgan fingerprint density at radius 3 is 2.57 bits per heavy atom. The van der Waals surface area contributed by atoms with Crippen LogP contribution in [0, 0.1) is 0 Å². The molecule has 6 nitrogen and oxygen atoms in total. The van der Waals surface area contributed by atoms with Crippen molar-refractivity contribution in [2.75, 3.05) is 33.5 Å². The second-order valence-electron chi connectivity index (χ2n) is 7.32. The fraction of sp³-hybridized carbons (Fsp3) is 0.409. The standard InChI is InChI=1S/C22H26N2O4/c1-26-18-8-5-16(6-9-18)19(24-11-3-2-4-12-24)14-23-22(25)17-7-10-20-21(13-17)28-15-27-20/h5-10,13,19H,2-4,11-12,14-15H2,1H3,(H,23,25)/p+1/t19-/m0/s1. The molecule has 1 saturated heterocycles. The van der Waals surface area contributed by atoms with Gasteiger partial charge in [-0.15, -0.1) is 0 Å². The second kappa shape index (κ2) is 8.52. The Morgan fingerprint density at radius 1 is 1.07 bits per heavy atom. The van der Waals surface area contributed by atoms with Crippen LogP contribution in [-0.2, 0) is 0 Å². The summed E-state index contributed by atoms with van der Waals surface area (Å²) in [5.74, 6) is 2.07. The molecule has 2 aliphatic heterocycles. The van der Waals surface area contributed by atoms with Gasteiger partial charge >= 0.3 is 0 Å². The van der Waals surface area contributed by atoms with E-state index in [1.807, 2.05) is 12.1 Å². The summed E-state index contributed by atoms with van der Waals surface area (Å²) in [5.41, 5.74) is 1.81. The van der Waals surface area contributed by atoms with Crippen molar-refractivity contribution in [2.45, 2.75) is 25.3 Å². The SMILES string of the molecule is COc1ccc([C@H](CNC(=O)c2ccc3c(c2)OCO3)[NH+]2CCCCC2)cc1. The van der Waals surface area contributed by atoms with Gasteiger partial charge in [0.25, 0.3) is 5.91 Å². The van der Waals surface area contributed by atoms with E-state index in [1.165, 1.54) is 29.7 Å². The van der Waals surface area contributed by atoms with Gasteiger partial charge in [-0.05, 0) is 61.7 Å². The molecule has 0 saturated carbocycles. The van der Waals surface area contributed by atoms with Gasteiger partial charge in [-0.25, -0.2) is 0 Å². The molecule has 0 aliphatic carbocycles. The molecule has 0 unspecified atom stereocenters. The zero-order chi connectivity index (χ0) is 19.3. The Labute approximate surface area is 165 Å². The maximum atomic E-state index is 12.7. The highest BCUT2D eigenvalue weighted by atomic mass is 16.7. The smallest absolute Gasteiger partial charge is 0.251 e. The molecule has 0 bridgehead atoms. The normalized spacial score (nSPS) is 17.2. The summed E-state index contributed by atoms with van der Waals surface area (Å²) in [7, 11) is 1.67. The topological polar surface area (TPSA) is 61.2 Å². The molecule has 0 radical (unpaired) electrons. The van der Waals surface area contributed by atoms with Crippen molar-refractivity contribution in [1.82, 2.24) is 5.32 Å². The highest BCUT2D eigenvalue weighted by molar-refractivity contribution is 5.94. The van der Waals surface area contributed by atoms with Crippen LogP contribution in [0.1, 0.15) is 41.2 Å². The summed E-state index contributed by atoms with van der Waals surface area (Å²) in [6, 6.07) is 13.7. The highest BCUT2D eigenvalue weighted by Gasteiger charge is 2.27. The lowest BCUT2D eigenvalue weighted by atomic mass is 10.0. The lowest BCUT2D eigenvalue weighted by Crippen LogP contribution is -3.13. The minimum atomic E-state index is -0.0896. The van der Waals surface area contributed by atoms with Crippen LogP contribution in [0.2, 0.25) is 0 Å². The van der Waals surface area contributed by atoms with Crippen LogP contribution < -0.4 is 24.4 Å². The molecule has 148 valence electrons. The van der Waals surface area contributed by atoms with Crippen LogP contribution in [0.15, 0.2) is 42.5 Å². The third-order valence-corrected chi connectivity index (χ3v) is 5.61. The Hall–Kier alpha value is -2.73. The van der Waals surface area contributed by atoms with Crippen molar-refractivity contribution < 1.29 is 23.9 Å². The van der Waals surface area contributed by atoms with Crippen molar-refractivity contribution in [2.24, 2.45) is 0 Å². The number of hydrogen-bond donors (Lipinski definition) is 2. The Bertz CT molecular complexity index is 816. The van der Waals surface area contributed by atoms with Crippen molar-refractivity contribution in [1.29, 1.82) is 0 Å². The van der Waals surface area contributed by atoms with Gasteiger partial charge in [-0.2, -0.15) is 0 Å². The average molecular weight is 383 g/mol. The van der Waals surface area contributed by atoms with Crippen molar-refractivity contribution in [3.63, 3.8) is 0 Å². The van der Waals surface area contributed by atoms with E-state index in [9.17, 15) is 4.79 Å². The number of carbonyl (C=O) groups excluding carboxylic acids is 1. The number of likely N-dealkylation sites (tertiary alicyclic amines) is 1. The molecule has 6 heteroatoms.